The lowest BCUT2D eigenvalue weighted by molar-refractivity contribution is -0.129. The number of rotatable bonds is 4. The van der Waals surface area contributed by atoms with Crippen molar-refractivity contribution >= 4 is 11.8 Å². The summed E-state index contributed by atoms with van der Waals surface area (Å²) < 4.78 is 0. The molecule has 0 saturated carbocycles. The first kappa shape index (κ1) is 14.6. The van der Waals surface area contributed by atoms with Gasteiger partial charge in [-0.15, -0.1) is 0 Å². The Balaban J connectivity index is 1.87. The Morgan fingerprint density at radius 1 is 1.35 bits per heavy atom. The predicted molar refractivity (Wildman–Crippen MR) is 78.3 cm³/mol. The number of nitrogens with one attached hydrogen (secondary N) is 2. The monoisotopic (exact) mass is 274 g/mol. The molecule has 0 unspecified atom stereocenters. The number of carbonyl (C=O) groups is 2. The van der Waals surface area contributed by atoms with Crippen LogP contribution in [0.2, 0.25) is 0 Å². The van der Waals surface area contributed by atoms with Gasteiger partial charge in [-0.05, 0) is 30.7 Å². The van der Waals surface area contributed by atoms with E-state index in [0.717, 1.165) is 24.8 Å². The summed E-state index contributed by atoms with van der Waals surface area (Å²) in [6, 6.07) is 9.59. The van der Waals surface area contributed by atoms with Crippen LogP contribution >= 0.6 is 0 Å². The van der Waals surface area contributed by atoms with Crippen LogP contribution in [0.25, 0.3) is 0 Å². The molecule has 1 aliphatic heterocycles. The molecule has 1 fully saturated rings. The Hall–Kier alpha value is -1.84. The van der Waals surface area contributed by atoms with Crippen molar-refractivity contribution in [2.24, 2.45) is 0 Å². The zero-order valence-corrected chi connectivity index (χ0v) is 11.9. The molecular weight excluding hydrogens is 252 g/mol. The van der Waals surface area contributed by atoms with Crippen LogP contribution in [0.4, 0.5) is 0 Å². The van der Waals surface area contributed by atoms with Gasteiger partial charge >= 0.3 is 0 Å². The van der Waals surface area contributed by atoms with Gasteiger partial charge in [0.25, 0.3) is 0 Å². The van der Waals surface area contributed by atoms with Gasteiger partial charge in [0, 0.05) is 13.0 Å². The Morgan fingerprint density at radius 2 is 2.10 bits per heavy atom. The first-order chi connectivity index (χ1) is 9.66. The van der Waals surface area contributed by atoms with E-state index >= 15 is 0 Å². The molecule has 1 aliphatic rings. The van der Waals surface area contributed by atoms with Gasteiger partial charge in [0.1, 0.15) is 6.04 Å². The minimum atomic E-state index is -0.368. The standard InChI is InChI=1S/C16H22N2O2/c1-12(13-7-3-2-4-8-13)11-15(19)18-14-9-5-6-10-17-16(14)20/h2-4,7-8,12,14H,5-6,9-11H2,1H3,(H,17,20)(H,18,19)/t12-,14+/m0/s1. The van der Waals surface area contributed by atoms with Crippen LogP contribution in [0.15, 0.2) is 30.3 Å². The summed E-state index contributed by atoms with van der Waals surface area (Å²) in [6.45, 7) is 2.74. The van der Waals surface area contributed by atoms with E-state index in [0.29, 0.717) is 13.0 Å². The fourth-order valence-corrected chi connectivity index (χ4v) is 2.51. The highest BCUT2D eigenvalue weighted by Gasteiger charge is 2.23. The molecule has 4 nitrogen and oxygen atoms in total. The zero-order valence-electron chi connectivity index (χ0n) is 11.9. The maximum Gasteiger partial charge on any atom is 0.242 e. The third-order valence-corrected chi connectivity index (χ3v) is 3.73. The highest BCUT2D eigenvalue weighted by atomic mass is 16.2. The fourth-order valence-electron chi connectivity index (χ4n) is 2.51. The lowest BCUT2D eigenvalue weighted by atomic mass is 9.97. The molecule has 2 rings (SSSR count). The summed E-state index contributed by atoms with van der Waals surface area (Å²) >= 11 is 0. The number of hydrogen-bond acceptors (Lipinski definition) is 2. The summed E-state index contributed by atoms with van der Waals surface area (Å²) in [5.74, 6) is 0.0525. The molecule has 1 saturated heterocycles. The molecule has 2 N–H and O–H groups in total. The van der Waals surface area contributed by atoms with E-state index < -0.39 is 0 Å². The van der Waals surface area contributed by atoms with Gasteiger partial charge in [0.05, 0.1) is 0 Å². The Bertz CT molecular complexity index is 459. The molecule has 0 aromatic heterocycles. The van der Waals surface area contributed by atoms with Crippen molar-refractivity contribution in [1.82, 2.24) is 10.6 Å². The summed E-state index contributed by atoms with van der Waals surface area (Å²) in [7, 11) is 0. The van der Waals surface area contributed by atoms with Crippen LogP contribution in [0.5, 0.6) is 0 Å². The molecule has 1 aromatic carbocycles. The number of amides is 2. The van der Waals surface area contributed by atoms with E-state index in [9.17, 15) is 9.59 Å². The molecule has 0 radical (unpaired) electrons. The first-order valence-corrected chi connectivity index (χ1v) is 7.29. The molecule has 0 spiro atoms. The van der Waals surface area contributed by atoms with Crippen LogP contribution < -0.4 is 10.6 Å². The summed E-state index contributed by atoms with van der Waals surface area (Å²) in [5, 5.41) is 5.69. The van der Waals surface area contributed by atoms with Gasteiger partial charge in [-0.3, -0.25) is 9.59 Å². The molecule has 0 aliphatic carbocycles. The third-order valence-electron chi connectivity index (χ3n) is 3.73. The van der Waals surface area contributed by atoms with Crippen molar-refractivity contribution in [3.8, 4) is 0 Å². The van der Waals surface area contributed by atoms with Crippen molar-refractivity contribution in [3.63, 3.8) is 0 Å². The van der Waals surface area contributed by atoms with E-state index in [1.807, 2.05) is 37.3 Å². The Labute approximate surface area is 119 Å². The molecular formula is C16H22N2O2. The van der Waals surface area contributed by atoms with Gasteiger partial charge in [-0.2, -0.15) is 0 Å². The summed E-state index contributed by atoms with van der Waals surface area (Å²) in [4.78, 5) is 23.8. The lowest BCUT2D eigenvalue weighted by Gasteiger charge is -2.17. The smallest absolute Gasteiger partial charge is 0.242 e. The van der Waals surface area contributed by atoms with Crippen LogP contribution in [0.3, 0.4) is 0 Å². The largest absolute Gasteiger partial charge is 0.354 e. The van der Waals surface area contributed by atoms with Gasteiger partial charge in [-0.25, -0.2) is 0 Å². The van der Waals surface area contributed by atoms with Crippen molar-refractivity contribution in [1.29, 1.82) is 0 Å². The molecule has 108 valence electrons. The second kappa shape index (κ2) is 7.08. The van der Waals surface area contributed by atoms with E-state index in [1.54, 1.807) is 0 Å². The summed E-state index contributed by atoms with van der Waals surface area (Å²) in [6.07, 6.45) is 3.10. The Morgan fingerprint density at radius 3 is 2.85 bits per heavy atom. The first-order valence-electron chi connectivity index (χ1n) is 7.29. The molecule has 4 heteroatoms. The van der Waals surface area contributed by atoms with Crippen molar-refractivity contribution < 1.29 is 9.59 Å². The topological polar surface area (TPSA) is 58.2 Å². The minimum Gasteiger partial charge on any atom is -0.354 e. The summed E-state index contributed by atoms with van der Waals surface area (Å²) in [5.41, 5.74) is 1.15. The minimum absolute atomic E-state index is 0.0524. The average Bonchev–Trinajstić information content (AvgIpc) is 2.65. The normalized spacial score (nSPS) is 20.6. The number of benzene rings is 1. The van der Waals surface area contributed by atoms with Crippen LogP contribution in [-0.2, 0) is 9.59 Å². The average molecular weight is 274 g/mol. The predicted octanol–water partition coefficient (Wildman–Crippen LogP) is 1.97. The van der Waals surface area contributed by atoms with Gasteiger partial charge in [-0.1, -0.05) is 37.3 Å². The van der Waals surface area contributed by atoms with Crippen molar-refractivity contribution in [3.05, 3.63) is 35.9 Å². The lowest BCUT2D eigenvalue weighted by Crippen LogP contribution is -2.45. The van der Waals surface area contributed by atoms with Crippen molar-refractivity contribution in [2.75, 3.05) is 6.54 Å². The van der Waals surface area contributed by atoms with E-state index in [2.05, 4.69) is 10.6 Å². The number of carbonyl (C=O) groups excluding carboxylic acids is 2. The SMILES string of the molecule is C[C@@H](CC(=O)N[C@@H]1CCCCNC1=O)c1ccccc1. The molecule has 1 aromatic rings. The van der Waals surface area contributed by atoms with Crippen molar-refractivity contribution in [2.45, 2.75) is 44.6 Å². The maximum atomic E-state index is 12.1. The molecule has 20 heavy (non-hydrogen) atoms. The Kier molecular flexibility index (Phi) is 5.16. The number of hydrogen-bond donors (Lipinski definition) is 2. The molecule has 2 atom stereocenters. The quantitative estimate of drug-likeness (QED) is 0.882. The van der Waals surface area contributed by atoms with Gasteiger partial charge in [0.15, 0.2) is 0 Å². The highest BCUT2D eigenvalue weighted by molar-refractivity contribution is 5.87. The van der Waals surface area contributed by atoms with E-state index in [-0.39, 0.29) is 23.8 Å². The zero-order chi connectivity index (χ0) is 14.4. The van der Waals surface area contributed by atoms with Crippen LogP contribution in [0.1, 0.15) is 44.1 Å². The van der Waals surface area contributed by atoms with E-state index in [4.69, 9.17) is 0 Å². The third kappa shape index (κ3) is 4.08. The molecule has 2 amide bonds. The van der Waals surface area contributed by atoms with Crippen LogP contribution in [0, 0.1) is 0 Å². The van der Waals surface area contributed by atoms with Gasteiger partial charge in [0.2, 0.25) is 11.8 Å². The second-order valence-electron chi connectivity index (χ2n) is 5.42. The van der Waals surface area contributed by atoms with E-state index in [1.165, 1.54) is 0 Å². The second-order valence-corrected chi connectivity index (χ2v) is 5.42. The van der Waals surface area contributed by atoms with Gasteiger partial charge < -0.3 is 10.6 Å². The molecule has 0 bridgehead atoms. The highest BCUT2D eigenvalue weighted by Crippen LogP contribution is 2.18. The molecule has 1 heterocycles. The van der Waals surface area contributed by atoms with Crippen LogP contribution in [-0.4, -0.2) is 24.4 Å². The maximum absolute atomic E-state index is 12.1. The fraction of sp³-hybridized carbons (Fsp3) is 0.500.